The lowest BCUT2D eigenvalue weighted by atomic mass is 10.2. The van der Waals surface area contributed by atoms with Gasteiger partial charge < -0.3 is 14.5 Å². The number of hydrogen-bond donors (Lipinski definition) is 1. The quantitative estimate of drug-likeness (QED) is 0.534. The molecule has 1 N–H and O–H groups in total. The first-order chi connectivity index (χ1) is 13.2. The number of rotatable bonds is 5. The van der Waals surface area contributed by atoms with E-state index in [0.29, 0.717) is 21.8 Å². The highest BCUT2D eigenvalue weighted by molar-refractivity contribution is 7.12. The highest BCUT2D eigenvalue weighted by Gasteiger charge is 2.12. The second-order valence-electron chi connectivity index (χ2n) is 5.79. The van der Waals surface area contributed by atoms with Gasteiger partial charge in [-0.15, -0.1) is 11.3 Å². The maximum Gasteiger partial charge on any atom is 0.338 e. The van der Waals surface area contributed by atoms with E-state index in [0.717, 1.165) is 5.65 Å². The van der Waals surface area contributed by atoms with Gasteiger partial charge in [-0.25, -0.2) is 9.78 Å². The number of pyridine rings is 1. The number of carbonyl (C=O) groups excluding carboxylic acids is 2. The van der Waals surface area contributed by atoms with Crippen molar-refractivity contribution < 1.29 is 14.3 Å². The van der Waals surface area contributed by atoms with Gasteiger partial charge in [0.1, 0.15) is 12.3 Å². The molecule has 4 aromatic rings. The van der Waals surface area contributed by atoms with Crippen LogP contribution in [0.15, 0.2) is 72.4 Å². The summed E-state index contributed by atoms with van der Waals surface area (Å²) in [6, 6.07) is 15.9. The van der Waals surface area contributed by atoms with Gasteiger partial charge in [0.2, 0.25) is 0 Å². The molecule has 0 spiro atoms. The smallest absolute Gasteiger partial charge is 0.338 e. The summed E-state index contributed by atoms with van der Waals surface area (Å²) in [4.78, 5) is 29.5. The van der Waals surface area contributed by atoms with Crippen LogP contribution in [0.5, 0.6) is 0 Å². The van der Waals surface area contributed by atoms with Crippen molar-refractivity contribution in [2.75, 3.05) is 5.32 Å². The molecular weight excluding hydrogens is 362 g/mol. The fourth-order valence-electron chi connectivity index (χ4n) is 2.60. The van der Waals surface area contributed by atoms with Crippen LogP contribution in [0.2, 0.25) is 0 Å². The van der Waals surface area contributed by atoms with E-state index in [2.05, 4.69) is 10.3 Å². The van der Waals surface area contributed by atoms with Crippen molar-refractivity contribution in [3.63, 3.8) is 0 Å². The first kappa shape index (κ1) is 17.0. The second-order valence-corrected chi connectivity index (χ2v) is 6.73. The highest BCUT2D eigenvalue weighted by atomic mass is 32.1. The number of fused-ring (bicyclic) bond motifs is 1. The molecule has 7 heteroatoms. The molecule has 0 fully saturated rings. The number of anilines is 1. The Morgan fingerprint density at radius 3 is 2.85 bits per heavy atom. The number of hydrogen-bond acceptors (Lipinski definition) is 5. The number of carbonyl (C=O) groups is 2. The Bertz CT molecular complexity index is 1070. The lowest BCUT2D eigenvalue weighted by Crippen LogP contribution is -2.11. The number of amides is 1. The summed E-state index contributed by atoms with van der Waals surface area (Å²) < 4.78 is 7.22. The molecule has 1 aromatic carbocycles. The van der Waals surface area contributed by atoms with Crippen molar-refractivity contribution in [2.45, 2.75) is 6.61 Å². The van der Waals surface area contributed by atoms with Crippen LogP contribution in [-0.4, -0.2) is 21.3 Å². The Labute approximate surface area is 159 Å². The number of benzene rings is 1. The summed E-state index contributed by atoms with van der Waals surface area (Å²) >= 11 is 1.36. The van der Waals surface area contributed by atoms with Crippen LogP contribution in [-0.2, 0) is 11.3 Å². The zero-order valence-corrected chi connectivity index (χ0v) is 15.0. The van der Waals surface area contributed by atoms with Crippen molar-refractivity contribution in [1.82, 2.24) is 9.38 Å². The van der Waals surface area contributed by atoms with Gasteiger partial charge in [-0.3, -0.25) is 4.79 Å². The molecule has 4 rings (SSSR count). The molecule has 0 bridgehead atoms. The standard InChI is InChI=1S/C20H15N3O3S/c24-19(17-7-4-10-27-17)22-15-6-3-5-14(11-15)20(25)26-13-16-12-23-9-2-1-8-18(23)21-16/h1-12H,13H2,(H,22,24). The summed E-state index contributed by atoms with van der Waals surface area (Å²) in [5, 5.41) is 4.61. The van der Waals surface area contributed by atoms with Gasteiger partial charge in [-0.05, 0) is 41.8 Å². The molecule has 1 amide bonds. The molecule has 3 aromatic heterocycles. The number of aromatic nitrogens is 2. The Kier molecular flexibility index (Phi) is 4.67. The average Bonchev–Trinajstić information content (AvgIpc) is 3.35. The van der Waals surface area contributed by atoms with Crippen molar-refractivity contribution in [2.24, 2.45) is 0 Å². The van der Waals surface area contributed by atoms with Crippen LogP contribution in [0.1, 0.15) is 25.7 Å². The summed E-state index contributed by atoms with van der Waals surface area (Å²) in [6.07, 6.45) is 3.70. The maximum absolute atomic E-state index is 12.3. The predicted octanol–water partition coefficient (Wildman–Crippen LogP) is 4.01. The zero-order chi connectivity index (χ0) is 18.6. The normalized spacial score (nSPS) is 10.7. The fourth-order valence-corrected chi connectivity index (χ4v) is 3.22. The van der Waals surface area contributed by atoms with Crippen LogP contribution in [0.4, 0.5) is 5.69 Å². The van der Waals surface area contributed by atoms with E-state index >= 15 is 0 Å². The molecule has 0 unspecified atom stereocenters. The Morgan fingerprint density at radius 2 is 2.04 bits per heavy atom. The van der Waals surface area contributed by atoms with Gasteiger partial charge in [0.25, 0.3) is 5.91 Å². The lowest BCUT2D eigenvalue weighted by Gasteiger charge is -2.07. The van der Waals surface area contributed by atoms with Crippen LogP contribution in [0.3, 0.4) is 0 Å². The molecule has 0 aliphatic heterocycles. The Hall–Kier alpha value is -3.45. The van der Waals surface area contributed by atoms with Crippen molar-refractivity contribution in [3.8, 4) is 0 Å². The van der Waals surface area contributed by atoms with E-state index in [-0.39, 0.29) is 12.5 Å². The second kappa shape index (κ2) is 7.43. The first-order valence-electron chi connectivity index (χ1n) is 8.24. The van der Waals surface area contributed by atoms with Crippen LogP contribution < -0.4 is 5.32 Å². The van der Waals surface area contributed by atoms with Crippen LogP contribution in [0.25, 0.3) is 5.65 Å². The lowest BCUT2D eigenvalue weighted by molar-refractivity contribution is 0.0468. The van der Waals surface area contributed by atoms with Crippen molar-refractivity contribution >= 4 is 34.5 Å². The van der Waals surface area contributed by atoms with Gasteiger partial charge in [-0.2, -0.15) is 0 Å². The number of nitrogens with one attached hydrogen (secondary N) is 1. The Morgan fingerprint density at radius 1 is 1.11 bits per heavy atom. The van der Waals surface area contributed by atoms with E-state index in [9.17, 15) is 9.59 Å². The largest absolute Gasteiger partial charge is 0.456 e. The number of esters is 1. The highest BCUT2D eigenvalue weighted by Crippen LogP contribution is 2.16. The Balaban J connectivity index is 1.41. The summed E-state index contributed by atoms with van der Waals surface area (Å²) in [7, 11) is 0. The topological polar surface area (TPSA) is 72.7 Å². The van der Waals surface area contributed by atoms with Gasteiger partial charge in [-0.1, -0.05) is 18.2 Å². The van der Waals surface area contributed by atoms with Gasteiger partial charge in [0, 0.05) is 18.1 Å². The fraction of sp³-hybridized carbons (Fsp3) is 0.0500. The number of thiophene rings is 1. The zero-order valence-electron chi connectivity index (χ0n) is 14.2. The minimum atomic E-state index is -0.473. The minimum absolute atomic E-state index is 0.0757. The maximum atomic E-state index is 12.3. The van der Waals surface area contributed by atoms with E-state index in [4.69, 9.17) is 4.74 Å². The van der Waals surface area contributed by atoms with Crippen molar-refractivity contribution in [3.05, 3.63) is 88.5 Å². The average molecular weight is 377 g/mol. The summed E-state index contributed by atoms with van der Waals surface area (Å²) in [5.74, 6) is -0.681. The molecule has 0 aliphatic carbocycles. The molecule has 6 nitrogen and oxygen atoms in total. The van der Waals surface area contributed by atoms with E-state index in [1.165, 1.54) is 11.3 Å². The van der Waals surface area contributed by atoms with Gasteiger partial charge >= 0.3 is 5.97 Å². The molecule has 0 radical (unpaired) electrons. The van der Waals surface area contributed by atoms with E-state index < -0.39 is 5.97 Å². The number of ether oxygens (including phenoxy) is 1. The van der Waals surface area contributed by atoms with E-state index in [1.807, 2.05) is 46.4 Å². The van der Waals surface area contributed by atoms with E-state index in [1.54, 1.807) is 30.3 Å². The first-order valence-corrected chi connectivity index (χ1v) is 9.12. The monoisotopic (exact) mass is 377 g/mol. The van der Waals surface area contributed by atoms with Gasteiger partial charge in [0.15, 0.2) is 0 Å². The van der Waals surface area contributed by atoms with Crippen LogP contribution in [0, 0.1) is 0 Å². The molecule has 0 aliphatic rings. The number of imidazole rings is 1. The minimum Gasteiger partial charge on any atom is -0.456 e. The summed E-state index contributed by atoms with van der Waals surface area (Å²) in [5.41, 5.74) is 2.36. The van der Waals surface area contributed by atoms with Crippen molar-refractivity contribution in [1.29, 1.82) is 0 Å². The molecule has 134 valence electrons. The molecule has 0 atom stereocenters. The molecule has 3 heterocycles. The number of nitrogens with zero attached hydrogens (tertiary/aromatic N) is 2. The van der Waals surface area contributed by atoms with Crippen LogP contribution >= 0.6 is 11.3 Å². The third kappa shape index (κ3) is 3.88. The summed E-state index contributed by atoms with van der Waals surface area (Å²) in [6.45, 7) is 0.0757. The molecule has 0 saturated heterocycles. The third-order valence-electron chi connectivity index (χ3n) is 3.87. The van der Waals surface area contributed by atoms with Gasteiger partial charge in [0.05, 0.1) is 16.1 Å². The molecule has 0 saturated carbocycles. The SMILES string of the molecule is O=C(OCc1cn2ccccc2n1)c1cccc(NC(=O)c2cccs2)c1. The third-order valence-corrected chi connectivity index (χ3v) is 4.73. The molecule has 27 heavy (non-hydrogen) atoms. The molecular formula is C20H15N3O3S. The predicted molar refractivity (Wildman–Crippen MR) is 103 cm³/mol.